The number of thiazole rings is 1. The first-order valence-electron chi connectivity index (χ1n) is 8.94. The number of carbonyl (C=O) groups is 1. The fourth-order valence-corrected chi connectivity index (χ4v) is 4.58. The smallest absolute Gasteiger partial charge is 0.251 e. The maximum atomic E-state index is 12.6. The third kappa shape index (κ3) is 4.18. The maximum absolute atomic E-state index is 12.6. The number of hydrogen-bond acceptors (Lipinski definition) is 6. The first-order chi connectivity index (χ1) is 12.2. The van der Waals surface area contributed by atoms with Gasteiger partial charge in [0, 0.05) is 32.7 Å². The van der Waals surface area contributed by atoms with Crippen LogP contribution in [-0.4, -0.2) is 65.6 Å². The van der Waals surface area contributed by atoms with Crippen LogP contribution < -0.4 is 5.73 Å². The quantitative estimate of drug-likeness (QED) is 0.854. The third-order valence-electron chi connectivity index (χ3n) is 5.03. The minimum Gasteiger partial charge on any atom is -0.364 e. The summed E-state index contributed by atoms with van der Waals surface area (Å²) in [6.07, 6.45) is 1.45. The molecule has 3 heterocycles. The van der Waals surface area contributed by atoms with E-state index in [2.05, 4.69) is 23.1 Å². The summed E-state index contributed by atoms with van der Waals surface area (Å²) in [4.78, 5) is 21.6. The first-order valence-corrected chi connectivity index (χ1v) is 9.75. The molecule has 2 atom stereocenters. The molecular formula is C18H25ClN4O2S. The number of halogens is 1. The highest BCUT2D eigenvalue weighted by Gasteiger charge is 2.34. The van der Waals surface area contributed by atoms with Crippen LogP contribution in [0.4, 0.5) is 0 Å². The Morgan fingerprint density at radius 2 is 2.00 bits per heavy atom. The van der Waals surface area contributed by atoms with Crippen molar-refractivity contribution in [2.45, 2.75) is 31.6 Å². The van der Waals surface area contributed by atoms with Gasteiger partial charge in [-0.05, 0) is 25.0 Å². The number of para-hydroxylation sites is 1. The summed E-state index contributed by atoms with van der Waals surface area (Å²) in [5.74, 6) is 0.135. The lowest BCUT2D eigenvalue weighted by Gasteiger charge is -2.35. The Bertz CT molecular complexity index is 715. The Kier molecular flexibility index (Phi) is 6.47. The summed E-state index contributed by atoms with van der Waals surface area (Å²) in [5.41, 5.74) is 6.71. The van der Waals surface area contributed by atoms with Gasteiger partial charge in [0.1, 0.15) is 11.1 Å². The number of hydrogen-bond donors (Lipinski definition) is 1. The maximum Gasteiger partial charge on any atom is 0.251 e. The number of ether oxygens (including phenoxy) is 1. The largest absolute Gasteiger partial charge is 0.364 e. The van der Waals surface area contributed by atoms with Crippen LogP contribution in [0.2, 0.25) is 0 Å². The second kappa shape index (κ2) is 8.63. The average Bonchev–Trinajstić information content (AvgIpc) is 3.28. The molecule has 0 saturated carbocycles. The molecule has 2 aliphatic heterocycles. The van der Waals surface area contributed by atoms with Gasteiger partial charge in [-0.15, -0.1) is 23.7 Å². The molecule has 1 aromatic carbocycles. The monoisotopic (exact) mass is 396 g/mol. The molecule has 0 radical (unpaired) electrons. The van der Waals surface area contributed by atoms with Gasteiger partial charge in [0.2, 0.25) is 0 Å². The van der Waals surface area contributed by atoms with Gasteiger partial charge in [0.15, 0.2) is 0 Å². The molecule has 2 aliphatic rings. The van der Waals surface area contributed by atoms with Crippen molar-refractivity contribution in [1.29, 1.82) is 0 Å². The minimum atomic E-state index is -0.288. The Labute approximate surface area is 163 Å². The van der Waals surface area contributed by atoms with Crippen LogP contribution in [-0.2, 0) is 16.1 Å². The number of aromatic nitrogens is 1. The summed E-state index contributed by atoms with van der Waals surface area (Å²) >= 11 is 1.76. The molecule has 4 rings (SSSR count). The lowest BCUT2D eigenvalue weighted by atomic mass is 10.1. The number of nitrogens with two attached hydrogens (primary N) is 1. The van der Waals surface area contributed by atoms with Gasteiger partial charge >= 0.3 is 0 Å². The standard InChI is InChI=1S/C18H24N4O2S.ClH/c19-11-13-5-6-15(24-13)18(23)22-9-7-21(8-10-22)12-17-20-14-3-1-2-4-16(14)25-17;/h1-4,13,15H,5-12,19H2;1H/t13-,15+;/m1./s1. The van der Waals surface area contributed by atoms with Crippen LogP contribution in [0.3, 0.4) is 0 Å². The summed E-state index contributed by atoms with van der Waals surface area (Å²) in [6, 6.07) is 8.25. The molecule has 2 fully saturated rings. The zero-order chi connectivity index (χ0) is 17.2. The van der Waals surface area contributed by atoms with E-state index in [9.17, 15) is 4.79 Å². The van der Waals surface area contributed by atoms with Crippen molar-refractivity contribution in [2.24, 2.45) is 5.73 Å². The molecule has 0 unspecified atom stereocenters. The Morgan fingerprint density at radius 3 is 2.69 bits per heavy atom. The molecule has 1 amide bonds. The van der Waals surface area contributed by atoms with Crippen LogP contribution in [0.5, 0.6) is 0 Å². The second-order valence-electron chi connectivity index (χ2n) is 6.74. The SMILES string of the molecule is Cl.NC[C@H]1CC[C@@H](C(=O)N2CCN(Cc3nc4ccccc4s3)CC2)O1. The van der Waals surface area contributed by atoms with Crippen LogP contribution in [0, 0.1) is 0 Å². The molecule has 0 spiro atoms. The highest BCUT2D eigenvalue weighted by atomic mass is 35.5. The average molecular weight is 397 g/mol. The number of rotatable bonds is 4. The fraction of sp³-hybridized carbons (Fsp3) is 0.556. The molecule has 8 heteroatoms. The highest BCUT2D eigenvalue weighted by Crippen LogP contribution is 2.24. The Hall–Kier alpha value is -1.25. The number of piperazine rings is 1. The van der Waals surface area contributed by atoms with Crippen LogP contribution in [0.25, 0.3) is 10.2 Å². The molecule has 1 aromatic heterocycles. The van der Waals surface area contributed by atoms with E-state index in [0.717, 1.165) is 56.1 Å². The summed E-state index contributed by atoms with van der Waals surface area (Å²) in [5, 5.41) is 1.14. The lowest BCUT2D eigenvalue weighted by molar-refractivity contribution is -0.144. The van der Waals surface area contributed by atoms with Gasteiger partial charge in [-0.1, -0.05) is 12.1 Å². The molecule has 2 saturated heterocycles. The normalized spacial score (nSPS) is 24.0. The van der Waals surface area contributed by atoms with Crippen LogP contribution >= 0.6 is 23.7 Å². The fourth-order valence-electron chi connectivity index (χ4n) is 3.57. The van der Waals surface area contributed by atoms with Crippen molar-refractivity contribution < 1.29 is 9.53 Å². The predicted octanol–water partition coefficient (Wildman–Crippen LogP) is 1.87. The van der Waals surface area contributed by atoms with Crippen molar-refractivity contribution >= 4 is 39.9 Å². The first kappa shape index (κ1) is 19.5. The molecular weight excluding hydrogens is 372 g/mol. The molecule has 2 aromatic rings. The summed E-state index contributed by atoms with van der Waals surface area (Å²) < 4.78 is 6.98. The Morgan fingerprint density at radius 1 is 1.23 bits per heavy atom. The molecule has 2 N–H and O–H groups in total. The topological polar surface area (TPSA) is 71.7 Å². The number of carbonyl (C=O) groups excluding carboxylic acids is 1. The van der Waals surface area contributed by atoms with Crippen LogP contribution in [0.15, 0.2) is 24.3 Å². The van der Waals surface area contributed by atoms with Crippen molar-refractivity contribution in [2.75, 3.05) is 32.7 Å². The van der Waals surface area contributed by atoms with Gasteiger partial charge in [-0.3, -0.25) is 9.69 Å². The van der Waals surface area contributed by atoms with E-state index in [-0.39, 0.29) is 30.5 Å². The number of amides is 1. The summed E-state index contributed by atoms with van der Waals surface area (Å²) in [7, 11) is 0. The molecule has 0 aliphatic carbocycles. The zero-order valence-electron chi connectivity index (χ0n) is 14.7. The highest BCUT2D eigenvalue weighted by molar-refractivity contribution is 7.18. The van der Waals surface area contributed by atoms with Crippen molar-refractivity contribution in [3.05, 3.63) is 29.3 Å². The van der Waals surface area contributed by atoms with E-state index in [0.29, 0.717) is 6.54 Å². The van der Waals surface area contributed by atoms with E-state index in [1.54, 1.807) is 11.3 Å². The van der Waals surface area contributed by atoms with Gasteiger partial charge in [0.05, 0.1) is 22.9 Å². The summed E-state index contributed by atoms with van der Waals surface area (Å²) in [6.45, 7) is 4.65. The van der Waals surface area contributed by atoms with E-state index in [4.69, 9.17) is 15.5 Å². The van der Waals surface area contributed by atoms with Crippen molar-refractivity contribution in [1.82, 2.24) is 14.8 Å². The molecule has 142 valence electrons. The van der Waals surface area contributed by atoms with E-state index in [1.807, 2.05) is 11.0 Å². The van der Waals surface area contributed by atoms with Crippen molar-refractivity contribution in [3.63, 3.8) is 0 Å². The van der Waals surface area contributed by atoms with E-state index < -0.39 is 0 Å². The van der Waals surface area contributed by atoms with Crippen molar-refractivity contribution in [3.8, 4) is 0 Å². The molecule has 26 heavy (non-hydrogen) atoms. The van der Waals surface area contributed by atoms with Gasteiger partial charge in [0.25, 0.3) is 5.91 Å². The minimum absolute atomic E-state index is 0. The number of nitrogens with zero attached hydrogens (tertiary/aromatic N) is 3. The van der Waals surface area contributed by atoms with Gasteiger partial charge < -0.3 is 15.4 Å². The van der Waals surface area contributed by atoms with Crippen LogP contribution in [0.1, 0.15) is 17.8 Å². The van der Waals surface area contributed by atoms with E-state index >= 15 is 0 Å². The van der Waals surface area contributed by atoms with Gasteiger partial charge in [-0.2, -0.15) is 0 Å². The Balaban J connectivity index is 0.00000196. The molecule has 6 nitrogen and oxygen atoms in total. The molecule has 0 bridgehead atoms. The van der Waals surface area contributed by atoms with E-state index in [1.165, 1.54) is 4.70 Å². The lowest BCUT2D eigenvalue weighted by Crippen LogP contribution is -2.51. The third-order valence-corrected chi connectivity index (χ3v) is 6.05. The number of benzene rings is 1. The zero-order valence-corrected chi connectivity index (χ0v) is 16.3. The predicted molar refractivity (Wildman–Crippen MR) is 106 cm³/mol. The van der Waals surface area contributed by atoms with Gasteiger partial charge in [-0.25, -0.2) is 4.98 Å². The number of fused-ring (bicyclic) bond motifs is 1. The second-order valence-corrected chi connectivity index (χ2v) is 7.85.